The van der Waals surface area contributed by atoms with Crippen molar-refractivity contribution in [2.45, 2.75) is 23.6 Å². The van der Waals surface area contributed by atoms with Crippen LogP contribution in [-0.2, 0) is 11.3 Å². The van der Waals surface area contributed by atoms with Gasteiger partial charge < -0.3 is 10.1 Å². The summed E-state index contributed by atoms with van der Waals surface area (Å²) in [4.78, 5) is 18.2. The summed E-state index contributed by atoms with van der Waals surface area (Å²) in [6.07, 6.45) is 1.69. The Morgan fingerprint density at radius 1 is 1.07 bits per heavy atom. The van der Waals surface area contributed by atoms with Crippen molar-refractivity contribution in [2.75, 3.05) is 6.61 Å². The van der Waals surface area contributed by atoms with Crippen LogP contribution in [0, 0.1) is 0 Å². The summed E-state index contributed by atoms with van der Waals surface area (Å²) < 4.78 is 5.42. The number of carbonyl (C=O) groups excluding carboxylic acids is 1. The molecule has 0 radical (unpaired) electrons. The number of carbonyl (C=O) groups is 1. The predicted octanol–water partition coefficient (Wildman–Crippen LogP) is 4.63. The molecule has 0 spiro atoms. The average molecular weight is 378 g/mol. The van der Waals surface area contributed by atoms with E-state index >= 15 is 0 Å². The van der Waals surface area contributed by atoms with Crippen molar-refractivity contribution in [1.82, 2.24) is 10.3 Å². The van der Waals surface area contributed by atoms with Crippen LogP contribution in [0.3, 0.4) is 0 Å². The van der Waals surface area contributed by atoms with Gasteiger partial charge in [0.2, 0.25) is 11.8 Å². The number of amides is 1. The molecule has 2 aromatic carbocycles. The lowest BCUT2D eigenvalue weighted by atomic mass is 10.1. The standard InChI is InChI=1S/C22H22N2O2S/c1-2-26-20-15-17(13-14-23-20)16-24-22(25)21(18-9-5-3-6-10-18)27-19-11-7-4-8-12-19/h3-15,21H,2,16H2,1H3,(H,24,25). The Bertz CT molecular complexity index is 856. The molecule has 1 unspecified atom stereocenters. The van der Waals surface area contributed by atoms with Crippen LogP contribution in [0.5, 0.6) is 5.88 Å². The lowest BCUT2D eigenvalue weighted by Crippen LogP contribution is -2.27. The number of rotatable bonds is 8. The number of nitrogens with one attached hydrogen (secondary N) is 1. The highest BCUT2D eigenvalue weighted by atomic mass is 32.2. The lowest BCUT2D eigenvalue weighted by Gasteiger charge is -2.17. The third-order valence-electron chi connectivity index (χ3n) is 3.90. The number of benzene rings is 2. The molecule has 3 rings (SSSR count). The summed E-state index contributed by atoms with van der Waals surface area (Å²) in [7, 11) is 0. The Labute approximate surface area is 164 Å². The molecule has 1 heterocycles. The van der Waals surface area contributed by atoms with E-state index in [1.165, 1.54) is 0 Å². The number of thioether (sulfide) groups is 1. The maximum atomic E-state index is 13.0. The summed E-state index contributed by atoms with van der Waals surface area (Å²) in [5.41, 5.74) is 1.94. The van der Waals surface area contributed by atoms with E-state index in [1.54, 1.807) is 18.0 Å². The van der Waals surface area contributed by atoms with Gasteiger partial charge in [-0.1, -0.05) is 48.5 Å². The molecule has 138 valence electrons. The molecule has 1 atom stereocenters. The third-order valence-corrected chi connectivity index (χ3v) is 5.16. The molecule has 0 aliphatic heterocycles. The van der Waals surface area contributed by atoms with Gasteiger partial charge in [0.05, 0.1) is 6.61 Å². The van der Waals surface area contributed by atoms with E-state index in [2.05, 4.69) is 10.3 Å². The van der Waals surface area contributed by atoms with Gasteiger partial charge in [-0.05, 0) is 36.2 Å². The maximum absolute atomic E-state index is 13.0. The average Bonchev–Trinajstić information content (AvgIpc) is 2.72. The molecule has 0 bridgehead atoms. The molecule has 0 saturated carbocycles. The highest BCUT2D eigenvalue weighted by molar-refractivity contribution is 8.00. The molecule has 0 aliphatic carbocycles. The number of nitrogens with zero attached hydrogens (tertiary/aromatic N) is 1. The molecule has 1 aromatic heterocycles. The minimum Gasteiger partial charge on any atom is -0.478 e. The van der Waals surface area contributed by atoms with E-state index in [0.29, 0.717) is 19.0 Å². The van der Waals surface area contributed by atoms with Gasteiger partial charge in [-0.2, -0.15) is 0 Å². The molecule has 1 N–H and O–H groups in total. The Kier molecular flexibility index (Phi) is 6.88. The van der Waals surface area contributed by atoms with Crippen LogP contribution in [0.15, 0.2) is 83.9 Å². The molecular formula is C22H22N2O2S. The van der Waals surface area contributed by atoms with E-state index in [0.717, 1.165) is 16.0 Å². The summed E-state index contributed by atoms with van der Waals surface area (Å²) in [6, 6.07) is 23.5. The minimum atomic E-state index is -0.318. The van der Waals surface area contributed by atoms with Crippen LogP contribution in [0.4, 0.5) is 0 Å². The quantitative estimate of drug-likeness (QED) is 0.581. The molecule has 27 heavy (non-hydrogen) atoms. The number of hydrogen-bond acceptors (Lipinski definition) is 4. The van der Waals surface area contributed by atoms with Crippen molar-refractivity contribution in [1.29, 1.82) is 0 Å². The van der Waals surface area contributed by atoms with Crippen molar-refractivity contribution >= 4 is 17.7 Å². The minimum absolute atomic E-state index is 0.0233. The third kappa shape index (κ3) is 5.59. The van der Waals surface area contributed by atoms with Gasteiger partial charge in [-0.15, -0.1) is 11.8 Å². The van der Waals surface area contributed by atoms with Gasteiger partial charge in [0.1, 0.15) is 5.25 Å². The molecule has 3 aromatic rings. The second-order valence-electron chi connectivity index (χ2n) is 5.87. The fraction of sp³-hybridized carbons (Fsp3) is 0.182. The topological polar surface area (TPSA) is 51.2 Å². The smallest absolute Gasteiger partial charge is 0.238 e. The van der Waals surface area contributed by atoms with Crippen LogP contribution >= 0.6 is 11.8 Å². The first kappa shape index (κ1) is 19.0. The monoisotopic (exact) mass is 378 g/mol. The molecule has 0 saturated heterocycles. The molecule has 5 heteroatoms. The van der Waals surface area contributed by atoms with Crippen LogP contribution < -0.4 is 10.1 Å². The molecule has 1 amide bonds. The Hall–Kier alpha value is -2.79. The van der Waals surface area contributed by atoms with Crippen LogP contribution in [-0.4, -0.2) is 17.5 Å². The highest BCUT2D eigenvalue weighted by Gasteiger charge is 2.21. The zero-order valence-electron chi connectivity index (χ0n) is 15.2. The Morgan fingerprint density at radius 3 is 2.48 bits per heavy atom. The fourth-order valence-corrected chi connectivity index (χ4v) is 3.68. The Balaban J connectivity index is 1.72. The fourth-order valence-electron chi connectivity index (χ4n) is 2.61. The molecule has 0 fully saturated rings. The zero-order valence-corrected chi connectivity index (χ0v) is 16.0. The predicted molar refractivity (Wildman–Crippen MR) is 109 cm³/mol. The molecule has 0 aliphatic rings. The summed E-state index contributed by atoms with van der Waals surface area (Å²) in [5.74, 6) is 0.548. The first-order valence-corrected chi connectivity index (χ1v) is 9.76. The first-order chi connectivity index (χ1) is 13.3. The summed E-state index contributed by atoms with van der Waals surface area (Å²) in [6.45, 7) is 2.91. The Morgan fingerprint density at radius 2 is 1.78 bits per heavy atom. The lowest BCUT2D eigenvalue weighted by molar-refractivity contribution is -0.120. The van der Waals surface area contributed by atoms with E-state index in [9.17, 15) is 4.79 Å². The van der Waals surface area contributed by atoms with Crippen molar-refractivity contribution in [2.24, 2.45) is 0 Å². The second-order valence-corrected chi connectivity index (χ2v) is 7.05. The van der Waals surface area contributed by atoms with E-state index in [-0.39, 0.29) is 11.2 Å². The highest BCUT2D eigenvalue weighted by Crippen LogP contribution is 2.35. The van der Waals surface area contributed by atoms with Crippen LogP contribution in [0.25, 0.3) is 0 Å². The van der Waals surface area contributed by atoms with Crippen molar-refractivity contribution < 1.29 is 9.53 Å². The number of ether oxygens (including phenoxy) is 1. The summed E-state index contributed by atoms with van der Waals surface area (Å²) >= 11 is 1.55. The van der Waals surface area contributed by atoms with E-state index < -0.39 is 0 Å². The number of pyridine rings is 1. The summed E-state index contributed by atoms with van der Waals surface area (Å²) in [5, 5.41) is 2.73. The first-order valence-electron chi connectivity index (χ1n) is 8.88. The van der Waals surface area contributed by atoms with E-state index in [4.69, 9.17) is 4.74 Å². The van der Waals surface area contributed by atoms with Gasteiger partial charge in [0, 0.05) is 23.7 Å². The normalized spacial score (nSPS) is 11.6. The SMILES string of the molecule is CCOc1cc(CNC(=O)C(Sc2ccccc2)c2ccccc2)ccn1. The maximum Gasteiger partial charge on any atom is 0.238 e. The van der Waals surface area contributed by atoms with Crippen molar-refractivity contribution in [3.05, 3.63) is 90.1 Å². The van der Waals surface area contributed by atoms with Crippen LogP contribution in [0.2, 0.25) is 0 Å². The van der Waals surface area contributed by atoms with E-state index in [1.807, 2.05) is 79.7 Å². The number of aromatic nitrogens is 1. The largest absolute Gasteiger partial charge is 0.478 e. The van der Waals surface area contributed by atoms with Gasteiger partial charge in [0.15, 0.2) is 0 Å². The van der Waals surface area contributed by atoms with Gasteiger partial charge in [-0.25, -0.2) is 4.98 Å². The van der Waals surface area contributed by atoms with Gasteiger partial charge in [0.25, 0.3) is 0 Å². The number of hydrogen-bond donors (Lipinski definition) is 1. The molecule has 4 nitrogen and oxygen atoms in total. The van der Waals surface area contributed by atoms with Crippen LogP contribution in [0.1, 0.15) is 23.3 Å². The zero-order chi connectivity index (χ0) is 18.9. The molecular weight excluding hydrogens is 356 g/mol. The van der Waals surface area contributed by atoms with Gasteiger partial charge in [-0.3, -0.25) is 4.79 Å². The van der Waals surface area contributed by atoms with Crippen molar-refractivity contribution in [3.8, 4) is 5.88 Å². The second kappa shape index (κ2) is 9.78. The van der Waals surface area contributed by atoms with Crippen molar-refractivity contribution in [3.63, 3.8) is 0 Å². The van der Waals surface area contributed by atoms with Gasteiger partial charge >= 0.3 is 0 Å².